The van der Waals surface area contributed by atoms with Crippen LogP contribution in [0.1, 0.15) is 35.8 Å². The summed E-state index contributed by atoms with van der Waals surface area (Å²) in [5, 5.41) is 11.4. The Balaban J connectivity index is 1.90. The molecule has 7 nitrogen and oxygen atoms in total. The summed E-state index contributed by atoms with van der Waals surface area (Å²) in [5.41, 5.74) is 1.54. The lowest BCUT2D eigenvalue weighted by Crippen LogP contribution is -2.24. The highest BCUT2D eigenvalue weighted by Crippen LogP contribution is 2.42. The zero-order chi connectivity index (χ0) is 12.0. The molecule has 1 aliphatic carbocycles. The predicted molar refractivity (Wildman–Crippen MR) is 57.6 cm³/mol. The SMILES string of the molecule is Cc1c(Cn2nnn(C)c2=O)noc1C1CC1. The molecule has 1 saturated carbocycles. The van der Waals surface area contributed by atoms with E-state index in [-0.39, 0.29) is 5.69 Å². The first kappa shape index (κ1) is 10.2. The Kier molecular flexibility index (Phi) is 2.13. The van der Waals surface area contributed by atoms with Gasteiger partial charge in [-0.1, -0.05) is 5.16 Å². The van der Waals surface area contributed by atoms with Gasteiger partial charge in [-0.2, -0.15) is 9.36 Å². The van der Waals surface area contributed by atoms with Crippen LogP contribution in [0.3, 0.4) is 0 Å². The number of hydrogen-bond acceptors (Lipinski definition) is 5. The lowest BCUT2D eigenvalue weighted by atomic mass is 10.1. The highest BCUT2D eigenvalue weighted by molar-refractivity contribution is 5.26. The average molecular weight is 235 g/mol. The van der Waals surface area contributed by atoms with E-state index in [1.165, 1.54) is 22.2 Å². The standard InChI is InChI=1S/C10H13N5O2/c1-6-8(11-17-9(6)7-3-4-7)5-15-10(16)14(2)12-13-15/h7H,3-5H2,1-2H3. The van der Waals surface area contributed by atoms with Crippen molar-refractivity contribution in [3.63, 3.8) is 0 Å². The van der Waals surface area contributed by atoms with E-state index in [2.05, 4.69) is 15.6 Å². The molecule has 0 bridgehead atoms. The third-order valence-electron chi connectivity index (χ3n) is 3.08. The molecule has 1 fully saturated rings. The average Bonchev–Trinajstić information content (AvgIpc) is 3.03. The topological polar surface area (TPSA) is 78.7 Å². The molecule has 2 aromatic rings. The van der Waals surface area contributed by atoms with Crippen molar-refractivity contribution in [2.45, 2.75) is 32.2 Å². The van der Waals surface area contributed by atoms with Gasteiger partial charge in [0.25, 0.3) is 0 Å². The highest BCUT2D eigenvalue weighted by atomic mass is 16.5. The van der Waals surface area contributed by atoms with Crippen molar-refractivity contribution in [3.05, 3.63) is 27.5 Å². The molecule has 90 valence electrons. The van der Waals surface area contributed by atoms with Crippen LogP contribution in [-0.4, -0.2) is 24.9 Å². The van der Waals surface area contributed by atoms with E-state index in [9.17, 15) is 4.79 Å². The Morgan fingerprint density at radius 1 is 1.41 bits per heavy atom. The molecule has 2 heterocycles. The summed E-state index contributed by atoms with van der Waals surface area (Å²) in [6, 6.07) is 0. The van der Waals surface area contributed by atoms with Crippen LogP contribution in [0.5, 0.6) is 0 Å². The first-order valence-corrected chi connectivity index (χ1v) is 5.58. The van der Waals surface area contributed by atoms with Gasteiger partial charge in [0.05, 0.1) is 6.54 Å². The van der Waals surface area contributed by atoms with Crippen molar-refractivity contribution in [1.82, 2.24) is 24.9 Å². The quantitative estimate of drug-likeness (QED) is 0.759. The second kappa shape index (κ2) is 3.54. The zero-order valence-electron chi connectivity index (χ0n) is 9.75. The highest BCUT2D eigenvalue weighted by Gasteiger charge is 2.30. The van der Waals surface area contributed by atoms with Crippen LogP contribution in [0.15, 0.2) is 9.32 Å². The molecule has 17 heavy (non-hydrogen) atoms. The molecule has 0 spiro atoms. The largest absolute Gasteiger partial charge is 0.363 e. The molecule has 0 aromatic carbocycles. The Morgan fingerprint density at radius 2 is 2.18 bits per heavy atom. The normalized spacial score (nSPS) is 15.4. The minimum absolute atomic E-state index is 0.250. The van der Waals surface area contributed by atoms with Gasteiger partial charge >= 0.3 is 5.69 Å². The molecule has 0 radical (unpaired) electrons. The summed E-state index contributed by atoms with van der Waals surface area (Å²) >= 11 is 0. The summed E-state index contributed by atoms with van der Waals surface area (Å²) in [6.07, 6.45) is 2.33. The lowest BCUT2D eigenvalue weighted by Gasteiger charge is -1.95. The maximum Gasteiger partial charge on any atom is 0.363 e. The summed E-state index contributed by atoms with van der Waals surface area (Å²) in [5.74, 6) is 1.48. The van der Waals surface area contributed by atoms with Crippen molar-refractivity contribution in [1.29, 1.82) is 0 Å². The fraction of sp³-hybridized carbons (Fsp3) is 0.600. The molecule has 1 aliphatic rings. The minimum atomic E-state index is -0.250. The Labute approximate surface area is 97.0 Å². The lowest BCUT2D eigenvalue weighted by molar-refractivity contribution is 0.374. The molecule has 3 rings (SSSR count). The van der Waals surface area contributed by atoms with E-state index >= 15 is 0 Å². The number of hydrogen-bond donors (Lipinski definition) is 0. The van der Waals surface area contributed by atoms with E-state index in [1.807, 2.05) is 6.92 Å². The number of tetrazole rings is 1. The summed E-state index contributed by atoms with van der Waals surface area (Å²) in [7, 11) is 1.57. The fourth-order valence-corrected chi connectivity index (χ4v) is 1.85. The molecule has 0 saturated heterocycles. The first-order valence-electron chi connectivity index (χ1n) is 5.58. The van der Waals surface area contributed by atoms with E-state index < -0.39 is 0 Å². The van der Waals surface area contributed by atoms with Crippen LogP contribution in [0.4, 0.5) is 0 Å². The molecule has 0 atom stereocenters. The Morgan fingerprint density at radius 3 is 2.76 bits per heavy atom. The van der Waals surface area contributed by atoms with Gasteiger partial charge in [-0.3, -0.25) is 0 Å². The molecule has 0 unspecified atom stereocenters. The van der Waals surface area contributed by atoms with Crippen molar-refractivity contribution in [3.8, 4) is 0 Å². The van der Waals surface area contributed by atoms with E-state index in [0.29, 0.717) is 12.5 Å². The summed E-state index contributed by atoms with van der Waals surface area (Å²) < 4.78 is 7.79. The van der Waals surface area contributed by atoms with Crippen LogP contribution in [-0.2, 0) is 13.6 Å². The van der Waals surface area contributed by atoms with Gasteiger partial charge in [-0.15, -0.1) is 0 Å². The van der Waals surface area contributed by atoms with Gasteiger partial charge < -0.3 is 4.52 Å². The van der Waals surface area contributed by atoms with Crippen molar-refractivity contribution in [2.75, 3.05) is 0 Å². The molecular formula is C10H13N5O2. The Hall–Kier alpha value is -1.92. The monoisotopic (exact) mass is 235 g/mol. The zero-order valence-corrected chi connectivity index (χ0v) is 9.75. The molecule has 0 amide bonds. The van der Waals surface area contributed by atoms with Crippen LogP contribution >= 0.6 is 0 Å². The summed E-state index contributed by atoms with van der Waals surface area (Å²) in [6.45, 7) is 2.29. The van der Waals surface area contributed by atoms with Crippen molar-refractivity contribution in [2.24, 2.45) is 7.05 Å². The second-order valence-corrected chi connectivity index (χ2v) is 4.44. The first-order chi connectivity index (χ1) is 8.16. The molecular weight excluding hydrogens is 222 g/mol. The maximum absolute atomic E-state index is 11.6. The second-order valence-electron chi connectivity index (χ2n) is 4.44. The van der Waals surface area contributed by atoms with E-state index in [1.54, 1.807) is 7.05 Å². The van der Waals surface area contributed by atoms with Crippen molar-refractivity contribution >= 4 is 0 Å². The Bertz CT molecular complexity index is 604. The molecule has 7 heteroatoms. The number of nitrogens with zero attached hydrogens (tertiary/aromatic N) is 5. The van der Waals surface area contributed by atoms with Gasteiger partial charge in [0.15, 0.2) is 0 Å². The van der Waals surface area contributed by atoms with Crippen LogP contribution in [0, 0.1) is 6.92 Å². The third kappa shape index (κ3) is 1.67. The van der Waals surface area contributed by atoms with Crippen LogP contribution in [0.25, 0.3) is 0 Å². The minimum Gasteiger partial charge on any atom is -0.360 e. The van der Waals surface area contributed by atoms with Gasteiger partial charge in [-0.25, -0.2) is 4.79 Å². The van der Waals surface area contributed by atoms with Gasteiger partial charge in [-0.05, 0) is 30.2 Å². The number of aromatic nitrogens is 5. The van der Waals surface area contributed by atoms with Gasteiger partial charge in [0.2, 0.25) is 0 Å². The number of aryl methyl sites for hydroxylation is 1. The van der Waals surface area contributed by atoms with E-state index in [0.717, 1.165) is 17.0 Å². The van der Waals surface area contributed by atoms with Crippen LogP contribution in [0.2, 0.25) is 0 Å². The van der Waals surface area contributed by atoms with Gasteiger partial charge in [0.1, 0.15) is 11.5 Å². The predicted octanol–water partition coefficient (Wildman–Crippen LogP) is 0.199. The van der Waals surface area contributed by atoms with Crippen LogP contribution < -0.4 is 5.69 Å². The van der Waals surface area contributed by atoms with E-state index in [4.69, 9.17) is 4.52 Å². The number of rotatable bonds is 3. The summed E-state index contributed by atoms with van der Waals surface area (Å²) in [4.78, 5) is 11.6. The maximum atomic E-state index is 11.6. The molecule has 2 aromatic heterocycles. The molecule has 0 N–H and O–H groups in total. The van der Waals surface area contributed by atoms with Gasteiger partial charge in [0, 0.05) is 18.5 Å². The molecule has 0 aliphatic heterocycles. The van der Waals surface area contributed by atoms with Crippen molar-refractivity contribution < 1.29 is 4.52 Å². The smallest absolute Gasteiger partial charge is 0.360 e. The fourth-order valence-electron chi connectivity index (χ4n) is 1.85. The third-order valence-corrected chi connectivity index (χ3v) is 3.08.